The molecular formula is C12H17NO. The Balaban J connectivity index is 2.89. The van der Waals surface area contributed by atoms with Crippen molar-refractivity contribution in [1.29, 1.82) is 0 Å². The van der Waals surface area contributed by atoms with Crippen LogP contribution in [0, 0.1) is 0 Å². The van der Waals surface area contributed by atoms with Crippen LogP contribution in [-0.4, -0.2) is 17.3 Å². The van der Waals surface area contributed by atoms with E-state index >= 15 is 0 Å². The summed E-state index contributed by atoms with van der Waals surface area (Å²) in [6, 6.07) is 9.95. The van der Waals surface area contributed by atoms with Gasteiger partial charge in [-0.3, -0.25) is 0 Å². The minimum Gasteiger partial charge on any atom is -0.394 e. The summed E-state index contributed by atoms with van der Waals surface area (Å²) in [7, 11) is 0. The van der Waals surface area contributed by atoms with Gasteiger partial charge < -0.3 is 10.8 Å². The lowest BCUT2D eigenvalue weighted by molar-refractivity contribution is 0.232. The molecule has 14 heavy (non-hydrogen) atoms. The van der Waals surface area contributed by atoms with E-state index in [1.807, 2.05) is 50.3 Å². The number of hydrogen-bond acceptors (Lipinski definition) is 2. The third kappa shape index (κ3) is 2.69. The minimum atomic E-state index is -0.629. The number of benzene rings is 1. The Morgan fingerprint density at radius 3 is 2.50 bits per heavy atom. The van der Waals surface area contributed by atoms with Crippen molar-refractivity contribution < 1.29 is 5.11 Å². The number of hydrogen-bond donors (Lipinski definition) is 2. The van der Waals surface area contributed by atoms with Crippen molar-refractivity contribution in [1.82, 2.24) is 0 Å². The zero-order valence-corrected chi connectivity index (χ0v) is 8.70. The third-order valence-corrected chi connectivity index (χ3v) is 2.41. The first kappa shape index (κ1) is 11.0. The molecule has 76 valence electrons. The van der Waals surface area contributed by atoms with Crippen molar-refractivity contribution in [2.45, 2.75) is 19.4 Å². The van der Waals surface area contributed by atoms with Crippen LogP contribution in [0.25, 0.3) is 6.08 Å². The molecule has 1 aromatic rings. The van der Waals surface area contributed by atoms with Crippen LogP contribution in [0.2, 0.25) is 0 Å². The van der Waals surface area contributed by atoms with E-state index in [0.717, 1.165) is 11.1 Å². The molecule has 1 aromatic carbocycles. The molecule has 0 spiro atoms. The lowest BCUT2D eigenvalue weighted by atomic mass is 9.93. The largest absolute Gasteiger partial charge is 0.394 e. The van der Waals surface area contributed by atoms with Gasteiger partial charge in [-0.2, -0.15) is 0 Å². The van der Waals surface area contributed by atoms with Gasteiger partial charge in [0.15, 0.2) is 0 Å². The lowest BCUT2D eigenvalue weighted by Crippen LogP contribution is -2.41. The Morgan fingerprint density at radius 1 is 1.43 bits per heavy atom. The number of nitrogens with two attached hydrogens (primary N) is 1. The first-order valence-corrected chi connectivity index (χ1v) is 4.70. The van der Waals surface area contributed by atoms with Crippen molar-refractivity contribution in [2.24, 2.45) is 5.73 Å². The number of aliphatic hydroxyl groups excluding tert-OH is 1. The first-order chi connectivity index (χ1) is 6.56. The molecule has 3 N–H and O–H groups in total. The Hall–Kier alpha value is -1.12. The fraction of sp³-hybridized carbons (Fsp3) is 0.333. The van der Waals surface area contributed by atoms with E-state index in [1.54, 1.807) is 0 Å². The maximum absolute atomic E-state index is 9.08. The monoisotopic (exact) mass is 191 g/mol. The first-order valence-electron chi connectivity index (χ1n) is 4.70. The molecule has 0 saturated carbocycles. The molecule has 1 unspecified atom stereocenters. The Kier molecular flexibility index (Phi) is 3.44. The number of rotatable bonds is 3. The van der Waals surface area contributed by atoms with E-state index in [4.69, 9.17) is 10.8 Å². The van der Waals surface area contributed by atoms with Crippen molar-refractivity contribution in [2.75, 3.05) is 6.61 Å². The van der Waals surface area contributed by atoms with Gasteiger partial charge in [-0.05, 0) is 19.4 Å². The molecule has 0 saturated heterocycles. The van der Waals surface area contributed by atoms with Crippen LogP contribution in [0.15, 0.2) is 35.9 Å². The molecule has 0 amide bonds. The summed E-state index contributed by atoms with van der Waals surface area (Å²) in [5, 5.41) is 9.08. The molecule has 0 heterocycles. The Morgan fingerprint density at radius 2 is 2.00 bits per heavy atom. The summed E-state index contributed by atoms with van der Waals surface area (Å²) in [5.41, 5.74) is 7.34. The van der Waals surface area contributed by atoms with Gasteiger partial charge in [0.1, 0.15) is 0 Å². The highest BCUT2D eigenvalue weighted by atomic mass is 16.3. The van der Waals surface area contributed by atoms with Crippen molar-refractivity contribution >= 4 is 6.08 Å². The minimum absolute atomic E-state index is 0.0395. The van der Waals surface area contributed by atoms with E-state index < -0.39 is 5.54 Å². The Bertz CT molecular complexity index is 314. The summed E-state index contributed by atoms with van der Waals surface area (Å²) in [4.78, 5) is 0. The van der Waals surface area contributed by atoms with Crippen molar-refractivity contribution in [3.05, 3.63) is 41.5 Å². The summed E-state index contributed by atoms with van der Waals surface area (Å²) < 4.78 is 0. The van der Waals surface area contributed by atoms with E-state index in [-0.39, 0.29) is 6.61 Å². The van der Waals surface area contributed by atoms with Crippen molar-refractivity contribution in [3.8, 4) is 0 Å². The molecule has 0 aromatic heterocycles. The van der Waals surface area contributed by atoms with Crippen LogP contribution in [-0.2, 0) is 0 Å². The summed E-state index contributed by atoms with van der Waals surface area (Å²) in [6.07, 6.45) is 2.00. The molecule has 2 nitrogen and oxygen atoms in total. The zero-order chi connectivity index (χ0) is 10.6. The molecule has 0 aliphatic carbocycles. The summed E-state index contributed by atoms with van der Waals surface area (Å²) >= 11 is 0. The average molecular weight is 191 g/mol. The summed E-state index contributed by atoms with van der Waals surface area (Å²) in [5.74, 6) is 0. The maximum atomic E-state index is 9.08. The second-order valence-electron chi connectivity index (χ2n) is 3.81. The molecule has 0 aliphatic rings. The SMILES string of the molecule is C/C(=C\c1ccccc1)C(C)(N)CO. The lowest BCUT2D eigenvalue weighted by Gasteiger charge is -2.22. The van der Waals surface area contributed by atoms with Gasteiger partial charge in [0.05, 0.1) is 12.1 Å². The van der Waals surface area contributed by atoms with E-state index in [9.17, 15) is 0 Å². The second-order valence-corrected chi connectivity index (χ2v) is 3.81. The van der Waals surface area contributed by atoms with Crippen LogP contribution in [0.1, 0.15) is 19.4 Å². The highest BCUT2D eigenvalue weighted by molar-refractivity contribution is 5.54. The molecule has 0 bridgehead atoms. The normalized spacial score (nSPS) is 16.4. The average Bonchev–Trinajstić information content (AvgIpc) is 2.19. The zero-order valence-electron chi connectivity index (χ0n) is 8.70. The molecule has 2 heteroatoms. The topological polar surface area (TPSA) is 46.2 Å². The molecule has 0 aliphatic heterocycles. The fourth-order valence-corrected chi connectivity index (χ4v) is 1.09. The smallest absolute Gasteiger partial charge is 0.0647 e. The van der Waals surface area contributed by atoms with Gasteiger partial charge >= 0.3 is 0 Å². The predicted molar refractivity (Wildman–Crippen MR) is 59.8 cm³/mol. The van der Waals surface area contributed by atoms with Crippen LogP contribution >= 0.6 is 0 Å². The van der Waals surface area contributed by atoms with Gasteiger partial charge in [0.2, 0.25) is 0 Å². The maximum Gasteiger partial charge on any atom is 0.0647 e. The highest BCUT2D eigenvalue weighted by Gasteiger charge is 2.18. The molecule has 0 fully saturated rings. The number of aliphatic hydroxyl groups is 1. The van der Waals surface area contributed by atoms with Crippen LogP contribution in [0.5, 0.6) is 0 Å². The highest BCUT2D eigenvalue weighted by Crippen LogP contribution is 2.15. The van der Waals surface area contributed by atoms with Crippen LogP contribution < -0.4 is 5.73 Å². The van der Waals surface area contributed by atoms with Gasteiger partial charge in [-0.25, -0.2) is 0 Å². The molecule has 0 radical (unpaired) electrons. The second kappa shape index (κ2) is 4.40. The van der Waals surface area contributed by atoms with Crippen LogP contribution in [0.4, 0.5) is 0 Å². The third-order valence-electron chi connectivity index (χ3n) is 2.41. The van der Waals surface area contributed by atoms with Gasteiger partial charge in [-0.15, -0.1) is 0 Å². The van der Waals surface area contributed by atoms with Crippen LogP contribution in [0.3, 0.4) is 0 Å². The van der Waals surface area contributed by atoms with Gasteiger partial charge in [0.25, 0.3) is 0 Å². The van der Waals surface area contributed by atoms with Crippen molar-refractivity contribution in [3.63, 3.8) is 0 Å². The summed E-state index contributed by atoms with van der Waals surface area (Å²) in [6.45, 7) is 3.72. The Labute approximate surface area is 85.1 Å². The van der Waals surface area contributed by atoms with E-state index in [0.29, 0.717) is 0 Å². The van der Waals surface area contributed by atoms with E-state index in [1.165, 1.54) is 0 Å². The predicted octanol–water partition coefficient (Wildman–Crippen LogP) is 1.80. The molecular weight excluding hydrogens is 174 g/mol. The standard InChI is InChI=1S/C12H17NO/c1-10(12(2,13)9-14)8-11-6-4-3-5-7-11/h3-8,14H,9,13H2,1-2H3/b10-8+. The quantitative estimate of drug-likeness (QED) is 0.765. The molecule has 1 rings (SSSR count). The van der Waals surface area contributed by atoms with Gasteiger partial charge in [0, 0.05) is 0 Å². The van der Waals surface area contributed by atoms with E-state index in [2.05, 4.69) is 0 Å². The van der Waals surface area contributed by atoms with Gasteiger partial charge in [-0.1, -0.05) is 42.0 Å². The fourth-order valence-electron chi connectivity index (χ4n) is 1.09. The molecule has 1 atom stereocenters.